The first-order valence-electron chi connectivity index (χ1n) is 10.0. The average molecular weight is 388 g/mol. The lowest BCUT2D eigenvalue weighted by atomic mass is 9.89. The van der Waals surface area contributed by atoms with Crippen molar-refractivity contribution < 1.29 is 9.53 Å². The molecule has 1 aliphatic rings. The summed E-state index contributed by atoms with van der Waals surface area (Å²) in [6.07, 6.45) is 1.52. The van der Waals surface area contributed by atoms with E-state index in [-0.39, 0.29) is 5.78 Å². The van der Waals surface area contributed by atoms with Crippen LogP contribution in [0.15, 0.2) is 115 Å². The van der Waals surface area contributed by atoms with Crippen molar-refractivity contribution in [2.45, 2.75) is 6.10 Å². The van der Waals surface area contributed by atoms with Crippen LogP contribution in [0, 0.1) is 0 Å². The molecule has 0 N–H and O–H groups in total. The van der Waals surface area contributed by atoms with Crippen molar-refractivity contribution in [2.75, 3.05) is 0 Å². The van der Waals surface area contributed by atoms with Gasteiger partial charge in [0.1, 0.15) is 5.75 Å². The quantitative estimate of drug-likeness (QED) is 0.363. The molecule has 0 spiro atoms. The maximum absolute atomic E-state index is 13.3. The molecule has 0 unspecified atom stereocenters. The zero-order chi connectivity index (χ0) is 20.3. The van der Waals surface area contributed by atoms with E-state index in [4.69, 9.17) is 4.74 Å². The van der Waals surface area contributed by atoms with Gasteiger partial charge in [-0.05, 0) is 40.5 Å². The molecule has 0 fully saturated rings. The van der Waals surface area contributed by atoms with Crippen LogP contribution in [0.5, 0.6) is 5.75 Å². The smallest absolute Gasteiger partial charge is 0.196 e. The number of ketones is 1. The third kappa shape index (κ3) is 3.44. The molecule has 144 valence electrons. The van der Waals surface area contributed by atoms with Gasteiger partial charge in [-0.25, -0.2) is 0 Å². The molecule has 1 heterocycles. The summed E-state index contributed by atoms with van der Waals surface area (Å²) in [5.74, 6) is 0.644. The first-order valence-corrected chi connectivity index (χ1v) is 10.0. The molecule has 0 aromatic heterocycles. The van der Waals surface area contributed by atoms with Gasteiger partial charge >= 0.3 is 0 Å². The summed E-state index contributed by atoms with van der Waals surface area (Å²) < 4.78 is 6.28. The molecule has 0 radical (unpaired) electrons. The third-order valence-corrected chi connectivity index (χ3v) is 5.36. The molecule has 0 saturated carbocycles. The molecular weight excluding hydrogens is 368 g/mol. The van der Waals surface area contributed by atoms with Crippen LogP contribution in [-0.4, -0.2) is 5.78 Å². The topological polar surface area (TPSA) is 26.3 Å². The Morgan fingerprint density at radius 1 is 0.633 bits per heavy atom. The van der Waals surface area contributed by atoms with Crippen LogP contribution in [0.3, 0.4) is 0 Å². The minimum absolute atomic E-state index is 0.0119. The molecule has 2 heteroatoms. The predicted octanol–water partition coefficient (Wildman–Crippen LogP) is 6.75. The molecule has 2 nitrogen and oxygen atoms in total. The zero-order valence-electron chi connectivity index (χ0n) is 16.4. The maximum Gasteiger partial charge on any atom is 0.196 e. The minimum Gasteiger partial charge on any atom is -0.480 e. The molecule has 0 saturated heterocycles. The van der Waals surface area contributed by atoms with Crippen LogP contribution in [0.25, 0.3) is 17.2 Å². The fourth-order valence-corrected chi connectivity index (χ4v) is 3.82. The largest absolute Gasteiger partial charge is 0.480 e. The number of carbonyl (C=O) groups is 1. The minimum atomic E-state index is -0.428. The Morgan fingerprint density at radius 2 is 1.23 bits per heavy atom. The van der Waals surface area contributed by atoms with Gasteiger partial charge in [-0.15, -0.1) is 0 Å². The summed E-state index contributed by atoms with van der Waals surface area (Å²) >= 11 is 0. The first-order chi connectivity index (χ1) is 14.8. The number of benzene rings is 4. The monoisotopic (exact) mass is 388 g/mol. The summed E-state index contributed by atoms with van der Waals surface area (Å²) in [6.45, 7) is 0. The fraction of sp³-hybridized carbons (Fsp3) is 0.0357. The van der Waals surface area contributed by atoms with Crippen LogP contribution in [0.2, 0.25) is 0 Å². The van der Waals surface area contributed by atoms with Crippen LogP contribution >= 0.6 is 0 Å². The van der Waals surface area contributed by atoms with Gasteiger partial charge in [0, 0.05) is 5.57 Å². The highest BCUT2D eigenvalue weighted by Crippen LogP contribution is 2.39. The summed E-state index contributed by atoms with van der Waals surface area (Å²) in [7, 11) is 0. The van der Waals surface area contributed by atoms with Crippen molar-refractivity contribution in [2.24, 2.45) is 0 Å². The number of fused-ring (bicyclic) bond motifs is 1. The van der Waals surface area contributed by atoms with Crippen molar-refractivity contribution in [3.05, 3.63) is 131 Å². The van der Waals surface area contributed by atoms with E-state index in [9.17, 15) is 4.79 Å². The third-order valence-electron chi connectivity index (χ3n) is 5.36. The zero-order valence-corrected chi connectivity index (χ0v) is 16.4. The van der Waals surface area contributed by atoms with Crippen LogP contribution in [0.1, 0.15) is 27.6 Å². The molecule has 0 amide bonds. The van der Waals surface area contributed by atoms with E-state index in [0.29, 0.717) is 16.9 Å². The van der Waals surface area contributed by atoms with Crippen molar-refractivity contribution in [1.29, 1.82) is 0 Å². The number of ether oxygens (including phenoxy) is 1. The lowest BCUT2D eigenvalue weighted by molar-refractivity contribution is 0.0963. The van der Waals surface area contributed by atoms with Crippen LogP contribution < -0.4 is 4.74 Å². The Labute approximate surface area is 176 Å². The van der Waals surface area contributed by atoms with Crippen molar-refractivity contribution in [3.63, 3.8) is 0 Å². The van der Waals surface area contributed by atoms with E-state index >= 15 is 0 Å². The molecule has 4 aromatic carbocycles. The lowest BCUT2D eigenvalue weighted by Gasteiger charge is -2.28. The Hall–Kier alpha value is -3.91. The van der Waals surface area contributed by atoms with Crippen LogP contribution in [0.4, 0.5) is 0 Å². The molecule has 0 bridgehead atoms. The van der Waals surface area contributed by atoms with Gasteiger partial charge in [0.15, 0.2) is 11.9 Å². The highest BCUT2D eigenvalue weighted by Gasteiger charge is 2.32. The molecule has 0 aliphatic carbocycles. The van der Waals surface area contributed by atoms with E-state index < -0.39 is 6.10 Å². The lowest BCUT2D eigenvalue weighted by Crippen LogP contribution is -2.23. The van der Waals surface area contributed by atoms with Crippen molar-refractivity contribution in [1.82, 2.24) is 0 Å². The standard InChI is InChI=1S/C28H20O2/c29-27-24-13-7-8-14-26(24)30-28(23-11-5-2-6-12-23)25(27)19-20-15-17-22(18-16-20)21-9-3-1-4-10-21/h1-19,28H/b25-19+/t28-/m1/s1. The van der Waals surface area contributed by atoms with Crippen molar-refractivity contribution in [3.8, 4) is 16.9 Å². The van der Waals surface area contributed by atoms with Gasteiger partial charge < -0.3 is 4.74 Å². The predicted molar refractivity (Wildman–Crippen MR) is 120 cm³/mol. The summed E-state index contributed by atoms with van der Waals surface area (Å²) in [6, 6.07) is 35.9. The number of rotatable bonds is 3. The molecule has 4 aromatic rings. The Kier molecular flexibility index (Phi) is 4.74. The number of carbonyl (C=O) groups excluding carboxylic acids is 1. The second-order valence-electron chi connectivity index (χ2n) is 7.32. The average Bonchev–Trinajstić information content (AvgIpc) is 2.82. The summed E-state index contributed by atoms with van der Waals surface area (Å²) in [4.78, 5) is 13.3. The van der Waals surface area contributed by atoms with Gasteiger partial charge in [0.05, 0.1) is 5.56 Å². The summed E-state index contributed by atoms with van der Waals surface area (Å²) in [5.41, 5.74) is 5.51. The highest BCUT2D eigenvalue weighted by atomic mass is 16.5. The van der Waals surface area contributed by atoms with Gasteiger partial charge in [0.2, 0.25) is 0 Å². The second-order valence-corrected chi connectivity index (χ2v) is 7.32. The van der Waals surface area contributed by atoms with Gasteiger partial charge in [-0.3, -0.25) is 4.79 Å². The van der Waals surface area contributed by atoms with E-state index in [2.05, 4.69) is 24.3 Å². The molecule has 30 heavy (non-hydrogen) atoms. The highest BCUT2D eigenvalue weighted by molar-refractivity contribution is 6.14. The number of para-hydroxylation sites is 1. The SMILES string of the molecule is O=C1/C(=C\c2ccc(-c3ccccc3)cc2)[C@@H](c2ccccc2)Oc2ccccc21. The van der Waals surface area contributed by atoms with E-state index in [1.165, 1.54) is 5.56 Å². The molecular formula is C28H20O2. The Bertz CT molecular complexity index is 1210. The molecule has 1 aliphatic heterocycles. The Morgan fingerprint density at radius 3 is 1.97 bits per heavy atom. The molecule has 1 atom stereocenters. The molecule has 5 rings (SSSR count). The Balaban J connectivity index is 1.56. The van der Waals surface area contributed by atoms with Crippen LogP contribution in [-0.2, 0) is 0 Å². The maximum atomic E-state index is 13.3. The number of Topliss-reactive ketones (excluding diaryl/α,β-unsaturated/α-hetero) is 1. The van der Waals surface area contributed by atoms with Gasteiger partial charge in [-0.1, -0.05) is 97.1 Å². The van der Waals surface area contributed by atoms with E-state index in [1.54, 1.807) is 0 Å². The number of hydrogen-bond donors (Lipinski definition) is 0. The van der Waals surface area contributed by atoms with Gasteiger partial charge in [-0.2, -0.15) is 0 Å². The van der Waals surface area contributed by atoms with Gasteiger partial charge in [0.25, 0.3) is 0 Å². The van der Waals surface area contributed by atoms with Crippen molar-refractivity contribution >= 4 is 11.9 Å². The second kappa shape index (κ2) is 7.84. The van der Waals surface area contributed by atoms with E-state index in [0.717, 1.165) is 16.7 Å². The number of hydrogen-bond acceptors (Lipinski definition) is 2. The summed E-state index contributed by atoms with van der Waals surface area (Å²) in [5, 5.41) is 0. The van der Waals surface area contributed by atoms with E-state index in [1.807, 2.05) is 91.0 Å². The normalized spacial score (nSPS) is 16.7. The fourth-order valence-electron chi connectivity index (χ4n) is 3.82. The first kappa shape index (κ1) is 18.1.